The van der Waals surface area contributed by atoms with E-state index in [-0.39, 0.29) is 16.7 Å². The van der Waals surface area contributed by atoms with Gasteiger partial charge in [-0.1, -0.05) is 23.4 Å². The summed E-state index contributed by atoms with van der Waals surface area (Å²) in [5, 5.41) is 3.96. The smallest absolute Gasteiger partial charge is 0.262 e. The Morgan fingerprint density at radius 3 is 2.92 bits per heavy atom. The van der Waals surface area contributed by atoms with Crippen LogP contribution in [0.5, 0.6) is 0 Å². The normalized spacial score (nSPS) is 12.3. The lowest BCUT2D eigenvalue weighted by Crippen LogP contribution is -2.32. The number of benzene rings is 1. The van der Waals surface area contributed by atoms with Crippen molar-refractivity contribution >= 4 is 40.2 Å². The molecule has 1 amide bonds. The molecule has 2 rings (SSSR count). The molecule has 1 aromatic carbocycles. The number of nitrogens with zero attached hydrogens (tertiary/aromatic N) is 2. The zero-order valence-electron chi connectivity index (χ0n) is 14.5. The Hall–Kier alpha value is -1.57. The van der Waals surface area contributed by atoms with Gasteiger partial charge in [0, 0.05) is 31.8 Å². The number of hydrogen-bond donors (Lipinski definition) is 1. The molecule has 0 unspecified atom stereocenters. The van der Waals surface area contributed by atoms with E-state index in [1.165, 1.54) is 11.8 Å². The lowest BCUT2D eigenvalue weighted by atomic mass is 10.2. The van der Waals surface area contributed by atoms with Gasteiger partial charge in [-0.15, -0.1) is 0 Å². The lowest BCUT2D eigenvalue weighted by Gasteiger charge is -2.16. The van der Waals surface area contributed by atoms with Crippen LogP contribution >= 0.6 is 23.4 Å². The Balaban J connectivity index is 2.44. The van der Waals surface area contributed by atoms with E-state index in [9.17, 15) is 9.59 Å². The van der Waals surface area contributed by atoms with E-state index in [2.05, 4.69) is 10.3 Å². The minimum atomic E-state index is -0.364. The molecule has 1 aromatic heterocycles. The molecule has 1 atom stereocenters. The minimum absolute atomic E-state index is 0.0867. The summed E-state index contributed by atoms with van der Waals surface area (Å²) in [5.41, 5.74) is 0.398. The number of rotatable bonds is 8. The summed E-state index contributed by atoms with van der Waals surface area (Å²) in [5.74, 6) is -0.0867. The number of thioether (sulfide) groups is 1. The fraction of sp³-hybridized carbons (Fsp3) is 0.471. The number of ether oxygens (including phenoxy) is 1. The lowest BCUT2D eigenvalue weighted by molar-refractivity contribution is -0.120. The Labute approximate surface area is 155 Å². The van der Waals surface area contributed by atoms with Crippen LogP contribution in [0.15, 0.2) is 28.2 Å². The zero-order valence-corrected chi connectivity index (χ0v) is 16.1. The molecule has 136 valence electrons. The van der Waals surface area contributed by atoms with Gasteiger partial charge in [0.25, 0.3) is 5.56 Å². The first-order chi connectivity index (χ1) is 12.0. The van der Waals surface area contributed by atoms with Crippen molar-refractivity contribution in [1.29, 1.82) is 0 Å². The van der Waals surface area contributed by atoms with Crippen molar-refractivity contribution in [2.24, 2.45) is 0 Å². The first-order valence-corrected chi connectivity index (χ1v) is 9.37. The number of nitrogens with one attached hydrogen (secondary N) is 1. The standard InChI is InChI=1S/C17H22ClN3O3S/c1-4-19-15(22)11(2)25-17-20-14-10-12(18)6-7-13(14)16(23)21(17)8-5-9-24-3/h6-7,10-11H,4-5,8-9H2,1-3H3,(H,19,22)/t11-/m1/s1. The number of methoxy groups -OCH3 is 1. The molecule has 0 aliphatic rings. The van der Waals surface area contributed by atoms with Crippen LogP contribution in [0, 0.1) is 0 Å². The van der Waals surface area contributed by atoms with E-state index in [0.29, 0.717) is 47.2 Å². The summed E-state index contributed by atoms with van der Waals surface area (Å²) in [6.07, 6.45) is 0.681. The highest BCUT2D eigenvalue weighted by molar-refractivity contribution is 8.00. The second-order valence-electron chi connectivity index (χ2n) is 5.51. The zero-order chi connectivity index (χ0) is 18.4. The molecule has 1 heterocycles. The Morgan fingerprint density at radius 1 is 1.48 bits per heavy atom. The van der Waals surface area contributed by atoms with Crippen molar-refractivity contribution in [3.63, 3.8) is 0 Å². The maximum Gasteiger partial charge on any atom is 0.262 e. The van der Waals surface area contributed by atoms with E-state index in [4.69, 9.17) is 16.3 Å². The molecule has 0 aliphatic heterocycles. The van der Waals surface area contributed by atoms with Gasteiger partial charge in [0.1, 0.15) is 0 Å². The molecule has 6 nitrogen and oxygen atoms in total. The van der Waals surface area contributed by atoms with Crippen LogP contribution in [0.25, 0.3) is 10.9 Å². The molecule has 0 fully saturated rings. The van der Waals surface area contributed by atoms with Gasteiger partial charge in [0.15, 0.2) is 5.16 Å². The van der Waals surface area contributed by atoms with Gasteiger partial charge in [-0.05, 0) is 38.5 Å². The average molecular weight is 384 g/mol. The van der Waals surface area contributed by atoms with Crippen molar-refractivity contribution in [2.75, 3.05) is 20.3 Å². The maximum atomic E-state index is 12.9. The van der Waals surface area contributed by atoms with E-state index >= 15 is 0 Å². The van der Waals surface area contributed by atoms with Crippen LogP contribution in [0.4, 0.5) is 0 Å². The number of carbonyl (C=O) groups is 1. The van der Waals surface area contributed by atoms with Crippen molar-refractivity contribution in [1.82, 2.24) is 14.9 Å². The van der Waals surface area contributed by atoms with Crippen molar-refractivity contribution < 1.29 is 9.53 Å². The summed E-state index contributed by atoms with van der Waals surface area (Å²) in [7, 11) is 1.62. The summed E-state index contributed by atoms with van der Waals surface area (Å²) in [6.45, 7) is 5.24. The SMILES string of the molecule is CCNC(=O)[C@@H](C)Sc1nc2cc(Cl)ccc2c(=O)n1CCCOC. The van der Waals surface area contributed by atoms with Crippen LogP contribution in [0.1, 0.15) is 20.3 Å². The second kappa shape index (κ2) is 9.22. The maximum absolute atomic E-state index is 12.9. The molecule has 2 aromatic rings. The highest BCUT2D eigenvalue weighted by Gasteiger charge is 2.19. The summed E-state index contributed by atoms with van der Waals surface area (Å²) in [6, 6.07) is 5.02. The molecular formula is C17H22ClN3O3S. The molecule has 0 radical (unpaired) electrons. The molecule has 0 saturated carbocycles. The monoisotopic (exact) mass is 383 g/mol. The third-order valence-corrected chi connectivity index (χ3v) is 4.94. The van der Waals surface area contributed by atoms with Gasteiger partial charge in [0.2, 0.25) is 5.91 Å². The van der Waals surface area contributed by atoms with Gasteiger partial charge in [-0.2, -0.15) is 0 Å². The van der Waals surface area contributed by atoms with E-state index in [1.54, 1.807) is 36.8 Å². The topological polar surface area (TPSA) is 73.2 Å². The molecule has 1 N–H and O–H groups in total. The molecule has 0 bridgehead atoms. The van der Waals surface area contributed by atoms with Crippen molar-refractivity contribution in [3.05, 3.63) is 33.6 Å². The summed E-state index contributed by atoms with van der Waals surface area (Å²) >= 11 is 7.29. The minimum Gasteiger partial charge on any atom is -0.385 e. The largest absolute Gasteiger partial charge is 0.385 e. The predicted octanol–water partition coefficient (Wildman–Crippen LogP) is 2.70. The Kier molecular flexibility index (Phi) is 7.28. The van der Waals surface area contributed by atoms with Gasteiger partial charge in [0.05, 0.1) is 16.2 Å². The van der Waals surface area contributed by atoms with E-state index in [0.717, 1.165) is 0 Å². The fourth-order valence-corrected chi connectivity index (χ4v) is 3.48. The Bertz CT molecular complexity index is 810. The predicted molar refractivity (Wildman–Crippen MR) is 102 cm³/mol. The van der Waals surface area contributed by atoms with Crippen molar-refractivity contribution in [2.45, 2.75) is 37.2 Å². The number of aromatic nitrogens is 2. The average Bonchev–Trinajstić information content (AvgIpc) is 2.57. The highest BCUT2D eigenvalue weighted by Crippen LogP contribution is 2.24. The fourth-order valence-electron chi connectivity index (χ4n) is 2.36. The van der Waals surface area contributed by atoms with Gasteiger partial charge < -0.3 is 10.1 Å². The summed E-state index contributed by atoms with van der Waals surface area (Å²) in [4.78, 5) is 29.5. The van der Waals surface area contributed by atoms with Gasteiger partial charge >= 0.3 is 0 Å². The highest BCUT2D eigenvalue weighted by atomic mass is 35.5. The third-order valence-electron chi connectivity index (χ3n) is 3.61. The van der Waals surface area contributed by atoms with E-state index < -0.39 is 0 Å². The Morgan fingerprint density at radius 2 is 2.24 bits per heavy atom. The van der Waals surface area contributed by atoms with Crippen LogP contribution in [-0.4, -0.2) is 41.0 Å². The third kappa shape index (κ3) is 4.96. The molecule has 0 spiro atoms. The van der Waals surface area contributed by atoms with Crippen molar-refractivity contribution in [3.8, 4) is 0 Å². The quantitative estimate of drug-likeness (QED) is 0.431. The molecular weight excluding hydrogens is 362 g/mol. The van der Waals surface area contributed by atoms with Gasteiger partial charge in [-0.25, -0.2) is 4.98 Å². The number of carbonyl (C=O) groups excluding carboxylic acids is 1. The molecule has 25 heavy (non-hydrogen) atoms. The number of halogens is 1. The molecule has 8 heteroatoms. The summed E-state index contributed by atoms with van der Waals surface area (Å²) < 4.78 is 6.68. The number of hydrogen-bond acceptors (Lipinski definition) is 5. The molecule has 0 saturated heterocycles. The van der Waals surface area contributed by atoms with Crippen LogP contribution < -0.4 is 10.9 Å². The second-order valence-corrected chi connectivity index (χ2v) is 7.26. The van der Waals surface area contributed by atoms with Crippen LogP contribution in [-0.2, 0) is 16.1 Å². The van der Waals surface area contributed by atoms with E-state index in [1.807, 2.05) is 6.92 Å². The van der Waals surface area contributed by atoms with Gasteiger partial charge in [-0.3, -0.25) is 14.2 Å². The number of amides is 1. The first kappa shape index (κ1) is 19.8. The first-order valence-electron chi connectivity index (χ1n) is 8.11. The van der Waals surface area contributed by atoms with Crippen LogP contribution in [0.3, 0.4) is 0 Å². The molecule has 0 aliphatic carbocycles. The van der Waals surface area contributed by atoms with Crippen LogP contribution in [0.2, 0.25) is 5.02 Å². The number of fused-ring (bicyclic) bond motifs is 1.